The number of piperazine rings is 1. The molecule has 6 rings (SSSR count). The molecule has 4 aliphatic rings. The lowest BCUT2D eigenvalue weighted by Crippen LogP contribution is -2.49. The number of amides is 2. The number of sulfonamides is 1. The molecule has 3 aliphatic heterocycles. The van der Waals surface area contributed by atoms with E-state index >= 15 is 8.78 Å². The smallest absolute Gasteiger partial charge is 0.276 e. The SMILES string of the molecule is C[C@H]1C[C@H](N)CN1C(=O)C1CCC(C(F)(F)c2cc(Cl)nc(N3CCN(S(=O)(=O)c4ccc(N5C[C@H](N)CC5=O)cc4)CC3)c2)CC1. The summed E-state index contributed by atoms with van der Waals surface area (Å²) in [6.45, 7) is 3.60. The van der Waals surface area contributed by atoms with E-state index in [4.69, 9.17) is 23.1 Å². The van der Waals surface area contributed by atoms with Gasteiger partial charge in [0.25, 0.3) is 5.92 Å². The van der Waals surface area contributed by atoms with E-state index in [0.717, 1.165) is 6.42 Å². The molecule has 4 N–H and O–H groups in total. The van der Waals surface area contributed by atoms with Crippen LogP contribution in [0.15, 0.2) is 41.3 Å². The lowest BCUT2D eigenvalue weighted by atomic mass is 9.77. The Morgan fingerprint density at radius 2 is 1.64 bits per heavy atom. The van der Waals surface area contributed by atoms with E-state index in [0.29, 0.717) is 31.6 Å². The molecule has 0 radical (unpaired) electrons. The first-order chi connectivity index (χ1) is 22.2. The van der Waals surface area contributed by atoms with Crippen molar-refractivity contribution in [1.82, 2.24) is 14.2 Å². The number of carbonyl (C=O) groups excluding carboxylic acids is 2. The molecule has 4 fully saturated rings. The molecule has 256 valence electrons. The van der Waals surface area contributed by atoms with E-state index in [1.165, 1.54) is 28.6 Å². The second-order valence-corrected chi connectivity index (χ2v) is 15.7. The minimum atomic E-state index is -3.83. The predicted molar refractivity (Wildman–Crippen MR) is 175 cm³/mol. The van der Waals surface area contributed by atoms with Gasteiger partial charge in [-0.1, -0.05) is 11.6 Å². The topological polar surface area (TPSA) is 146 Å². The molecule has 3 saturated heterocycles. The highest BCUT2D eigenvalue weighted by atomic mass is 35.5. The molecule has 2 amide bonds. The number of hydrogen-bond donors (Lipinski definition) is 2. The predicted octanol–water partition coefficient (Wildman–Crippen LogP) is 3.16. The first-order valence-corrected chi connectivity index (χ1v) is 18.1. The monoisotopic (exact) mass is 693 g/mol. The lowest BCUT2D eigenvalue weighted by Gasteiger charge is -2.37. The summed E-state index contributed by atoms with van der Waals surface area (Å²) in [5, 5.41) is -0.0621. The van der Waals surface area contributed by atoms with Crippen LogP contribution < -0.4 is 21.3 Å². The summed E-state index contributed by atoms with van der Waals surface area (Å²) in [5.41, 5.74) is 12.3. The number of likely N-dealkylation sites (tertiary alicyclic amines) is 1. The maximum Gasteiger partial charge on any atom is 0.276 e. The Hall–Kier alpha value is -2.91. The van der Waals surface area contributed by atoms with Gasteiger partial charge in [0.1, 0.15) is 11.0 Å². The number of aromatic nitrogens is 1. The van der Waals surface area contributed by atoms with E-state index in [1.807, 2.05) is 6.92 Å². The molecule has 4 heterocycles. The van der Waals surface area contributed by atoms with Crippen molar-refractivity contribution in [3.05, 3.63) is 47.1 Å². The second kappa shape index (κ2) is 13.2. The van der Waals surface area contributed by atoms with Crippen molar-refractivity contribution in [3.8, 4) is 0 Å². The van der Waals surface area contributed by atoms with Crippen LogP contribution in [0.1, 0.15) is 51.0 Å². The van der Waals surface area contributed by atoms with Crippen LogP contribution in [0.2, 0.25) is 5.15 Å². The zero-order valence-corrected chi connectivity index (χ0v) is 28.0. The number of pyridine rings is 1. The summed E-state index contributed by atoms with van der Waals surface area (Å²) in [6, 6.07) is 8.48. The number of rotatable bonds is 7. The zero-order valence-electron chi connectivity index (χ0n) is 26.4. The Morgan fingerprint density at radius 3 is 2.21 bits per heavy atom. The fourth-order valence-electron chi connectivity index (χ4n) is 7.48. The van der Waals surface area contributed by atoms with Gasteiger partial charge >= 0.3 is 0 Å². The van der Waals surface area contributed by atoms with Crippen molar-refractivity contribution < 1.29 is 26.8 Å². The van der Waals surface area contributed by atoms with Gasteiger partial charge in [0.15, 0.2) is 0 Å². The van der Waals surface area contributed by atoms with Crippen LogP contribution in [-0.2, 0) is 25.5 Å². The molecule has 1 aromatic heterocycles. The van der Waals surface area contributed by atoms with Gasteiger partial charge < -0.3 is 26.2 Å². The summed E-state index contributed by atoms with van der Waals surface area (Å²) in [4.78, 5) is 34.8. The van der Waals surface area contributed by atoms with Crippen molar-refractivity contribution in [2.45, 2.75) is 74.4 Å². The highest BCUT2D eigenvalue weighted by Gasteiger charge is 2.46. The molecule has 11 nitrogen and oxygen atoms in total. The lowest BCUT2D eigenvalue weighted by molar-refractivity contribution is -0.140. The molecular formula is C32H42ClF2N7O4S. The van der Waals surface area contributed by atoms with Crippen LogP contribution in [0.4, 0.5) is 20.3 Å². The van der Waals surface area contributed by atoms with Crippen molar-refractivity contribution in [2.24, 2.45) is 23.3 Å². The maximum absolute atomic E-state index is 16.0. The molecule has 3 atom stereocenters. The number of carbonyl (C=O) groups is 2. The summed E-state index contributed by atoms with van der Waals surface area (Å²) in [7, 11) is -3.83. The second-order valence-electron chi connectivity index (χ2n) is 13.4. The molecule has 1 aliphatic carbocycles. The van der Waals surface area contributed by atoms with E-state index < -0.39 is 21.9 Å². The van der Waals surface area contributed by atoms with Gasteiger partial charge in [0.2, 0.25) is 21.8 Å². The number of alkyl halides is 2. The van der Waals surface area contributed by atoms with Crippen molar-refractivity contribution in [3.63, 3.8) is 0 Å². The summed E-state index contributed by atoms with van der Waals surface area (Å²) in [5.74, 6) is -4.21. The van der Waals surface area contributed by atoms with Crippen molar-refractivity contribution >= 4 is 44.9 Å². The van der Waals surface area contributed by atoms with Gasteiger partial charge in [-0.2, -0.15) is 4.31 Å². The van der Waals surface area contributed by atoms with E-state index in [2.05, 4.69) is 4.98 Å². The van der Waals surface area contributed by atoms with Crippen LogP contribution in [-0.4, -0.2) is 91.8 Å². The summed E-state index contributed by atoms with van der Waals surface area (Å²) < 4.78 is 60.1. The molecule has 1 aromatic carbocycles. The number of anilines is 2. The fourth-order valence-corrected chi connectivity index (χ4v) is 9.11. The van der Waals surface area contributed by atoms with E-state index in [-0.39, 0.29) is 103 Å². The molecule has 1 saturated carbocycles. The third-order valence-corrected chi connectivity index (χ3v) is 12.3. The van der Waals surface area contributed by atoms with Crippen LogP contribution in [0.3, 0.4) is 0 Å². The molecular weight excluding hydrogens is 652 g/mol. The average molecular weight is 694 g/mol. The Labute approximate surface area is 279 Å². The van der Waals surface area contributed by atoms with E-state index in [1.54, 1.807) is 26.8 Å². The minimum absolute atomic E-state index is 0.0170. The van der Waals surface area contributed by atoms with Crippen LogP contribution in [0, 0.1) is 11.8 Å². The van der Waals surface area contributed by atoms with E-state index in [9.17, 15) is 18.0 Å². The Morgan fingerprint density at radius 1 is 0.979 bits per heavy atom. The molecule has 0 spiro atoms. The number of benzene rings is 1. The van der Waals surface area contributed by atoms with Crippen LogP contribution in [0.5, 0.6) is 0 Å². The average Bonchev–Trinajstić information content (AvgIpc) is 3.58. The number of hydrogen-bond acceptors (Lipinski definition) is 8. The molecule has 2 aromatic rings. The molecule has 47 heavy (non-hydrogen) atoms. The quantitative estimate of drug-likeness (QED) is 0.421. The Bertz CT molecular complexity index is 1600. The molecule has 0 bridgehead atoms. The zero-order chi connectivity index (χ0) is 33.7. The summed E-state index contributed by atoms with van der Waals surface area (Å²) >= 11 is 6.27. The largest absolute Gasteiger partial charge is 0.354 e. The van der Waals surface area contributed by atoms with Crippen molar-refractivity contribution in [1.29, 1.82) is 0 Å². The van der Waals surface area contributed by atoms with Gasteiger partial charge in [0, 0.05) is 86.9 Å². The Kier molecular flexibility index (Phi) is 9.53. The summed E-state index contributed by atoms with van der Waals surface area (Å²) in [6.07, 6.45) is 2.23. The third kappa shape index (κ3) is 6.85. The van der Waals surface area contributed by atoms with Crippen molar-refractivity contribution in [2.75, 3.05) is 49.1 Å². The number of halogens is 3. The number of nitrogens with two attached hydrogens (primary N) is 2. The van der Waals surface area contributed by atoms with Gasteiger partial charge in [-0.15, -0.1) is 0 Å². The first-order valence-electron chi connectivity index (χ1n) is 16.3. The van der Waals surface area contributed by atoms with Crippen LogP contribution in [0.25, 0.3) is 0 Å². The van der Waals surface area contributed by atoms with Gasteiger partial charge in [0.05, 0.1) is 4.90 Å². The van der Waals surface area contributed by atoms with Gasteiger partial charge in [-0.3, -0.25) is 9.59 Å². The minimum Gasteiger partial charge on any atom is -0.354 e. The standard InChI is InChI=1S/C32H42ClF2N7O4S/c1-20-14-24(36)18-41(20)31(44)21-2-4-22(5-3-21)32(34,35)23-15-28(33)38-29(16-23)39-10-12-40(13-11-39)47(45,46)27-8-6-26(7-9-27)42-19-25(37)17-30(42)43/h6-9,15-16,20-22,24-25H,2-5,10-14,17-19,36-37H2,1H3/t20-,21?,22?,24-,25+/m0/s1. The Balaban J connectivity index is 1.08. The molecule has 15 heteroatoms. The normalized spacial score (nSPS) is 27.9. The first kappa shape index (κ1) is 34.0. The highest BCUT2D eigenvalue weighted by molar-refractivity contribution is 7.89. The van der Waals surface area contributed by atoms with Gasteiger partial charge in [-0.25, -0.2) is 22.2 Å². The fraction of sp³-hybridized carbons (Fsp3) is 0.594. The highest BCUT2D eigenvalue weighted by Crippen LogP contribution is 2.46. The third-order valence-electron chi connectivity index (χ3n) is 10.1. The van der Waals surface area contributed by atoms with Crippen LogP contribution >= 0.6 is 11.6 Å². The maximum atomic E-state index is 16.0. The molecule has 0 unspecified atom stereocenters. The number of nitrogens with zero attached hydrogens (tertiary/aromatic N) is 5. The van der Waals surface area contributed by atoms with Gasteiger partial charge in [-0.05, 0) is 75.4 Å².